The number of carbonyl (C=O) groups is 1. The predicted molar refractivity (Wildman–Crippen MR) is 60.1 cm³/mol. The molecule has 0 saturated carbocycles. The smallest absolute Gasteiger partial charge is 0.251 e. The molecule has 0 atom stereocenters. The molecule has 1 amide bonds. The fourth-order valence-corrected chi connectivity index (χ4v) is 1.37. The second-order valence-corrected chi connectivity index (χ2v) is 3.42. The summed E-state index contributed by atoms with van der Waals surface area (Å²) in [5.74, 6) is -0.00415. The molecule has 4 nitrogen and oxygen atoms in total. The summed E-state index contributed by atoms with van der Waals surface area (Å²) >= 11 is 0. The van der Waals surface area contributed by atoms with Gasteiger partial charge in [0.1, 0.15) is 5.75 Å². The molecule has 0 fully saturated rings. The first kappa shape index (κ1) is 10.3. The Morgan fingerprint density at radius 3 is 2.62 bits per heavy atom. The third kappa shape index (κ3) is 2.42. The molecule has 0 bridgehead atoms. The molecule has 16 heavy (non-hydrogen) atoms. The zero-order valence-corrected chi connectivity index (χ0v) is 8.60. The number of benzene rings is 1. The summed E-state index contributed by atoms with van der Waals surface area (Å²) in [7, 11) is 0. The van der Waals surface area contributed by atoms with E-state index in [0.717, 1.165) is 5.69 Å². The number of phenols is 1. The van der Waals surface area contributed by atoms with Crippen molar-refractivity contribution in [1.29, 1.82) is 0 Å². The van der Waals surface area contributed by atoms with E-state index in [2.05, 4.69) is 10.3 Å². The molecule has 3 N–H and O–H groups in total. The van der Waals surface area contributed by atoms with E-state index in [0.29, 0.717) is 12.1 Å². The van der Waals surface area contributed by atoms with Crippen molar-refractivity contribution in [3.63, 3.8) is 0 Å². The zero-order chi connectivity index (χ0) is 11.4. The normalized spacial score (nSPS) is 10.0. The Balaban J connectivity index is 1.95. The summed E-state index contributed by atoms with van der Waals surface area (Å²) in [6.45, 7) is 0.465. The van der Waals surface area contributed by atoms with Crippen molar-refractivity contribution in [1.82, 2.24) is 10.3 Å². The lowest BCUT2D eigenvalue weighted by molar-refractivity contribution is 0.0950. The van der Waals surface area contributed by atoms with Gasteiger partial charge in [-0.25, -0.2) is 0 Å². The number of carbonyl (C=O) groups excluding carboxylic acids is 1. The maximum absolute atomic E-state index is 11.6. The van der Waals surface area contributed by atoms with Crippen LogP contribution in [0.2, 0.25) is 0 Å². The molecule has 0 aliphatic rings. The maximum Gasteiger partial charge on any atom is 0.251 e. The Labute approximate surface area is 92.9 Å². The first-order valence-corrected chi connectivity index (χ1v) is 4.95. The van der Waals surface area contributed by atoms with Gasteiger partial charge in [-0.2, -0.15) is 0 Å². The Bertz CT molecular complexity index is 460. The fraction of sp³-hybridized carbons (Fsp3) is 0.0833. The molecule has 2 rings (SSSR count). The van der Waals surface area contributed by atoms with E-state index in [-0.39, 0.29) is 11.7 Å². The third-order valence-electron chi connectivity index (χ3n) is 2.23. The van der Waals surface area contributed by atoms with Crippen molar-refractivity contribution in [3.8, 4) is 5.75 Å². The quantitative estimate of drug-likeness (QED) is 0.730. The van der Waals surface area contributed by atoms with Crippen LogP contribution >= 0.6 is 0 Å². The van der Waals surface area contributed by atoms with Crippen molar-refractivity contribution in [2.45, 2.75) is 6.54 Å². The monoisotopic (exact) mass is 216 g/mol. The Morgan fingerprint density at radius 1 is 1.25 bits per heavy atom. The number of nitrogens with one attached hydrogen (secondary N) is 2. The second-order valence-electron chi connectivity index (χ2n) is 3.42. The molecule has 0 radical (unpaired) electrons. The van der Waals surface area contributed by atoms with E-state index < -0.39 is 0 Å². The van der Waals surface area contributed by atoms with Gasteiger partial charge in [-0.3, -0.25) is 4.79 Å². The summed E-state index contributed by atoms with van der Waals surface area (Å²) in [6.07, 6.45) is 1.81. The highest BCUT2D eigenvalue weighted by molar-refractivity contribution is 5.94. The first-order valence-electron chi connectivity index (χ1n) is 4.95. The van der Waals surface area contributed by atoms with Crippen molar-refractivity contribution < 1.29 is 9.90 Å². The zero-order valence-electron chi connectivity index (χ0n) is 8.60. The minimum Gasteiger partial charge on any atom is -0.508 e. The predicted octanol–water partition coefficient (Wildman–Crippen LogP) is 1.65. The average Bonchev–Trinajstić information content (AvgIpc) is 2.80. The van der Waals surface area contributed by atoms with E-state index in [1.54, 1.807) is 12.1 Å². The van der Waals surface area contributed by atoms with Crippen LogP contribution in [0.25, 0.3) is 0 Å². The lowest BCUT2D eigenvalue weighted by atomic mass is 10.2. The number of aromatic nitrogens is 1. The number of hydrogen-bond donors (Lipinski definition) is 3. The Hall–Kier alpha value is -2.23. The topological polar surface area (TPSA) is 65.1 Å². The summed E-state index contributed by atoms with van der Waals surface area (Å²) in [5, 5.41) is 11.9. The molecule has 2 aromatic rings. The van der Waals surface area contributed by atoms with Gasteiger partial charge in [0.15, 0.2) is 0 Å². The summed E-state index contributed by atoms with van der Waals surface area (Å²) < 4.78 is 0. The minimum absolute atomic E-state index is 0.154. The third-order valence-corrected chi connectivity index (χ3v) is 2.23. The SMILES string of the molecule is O=C(NCc1ccc[nH]1)c1ccc(O)cc1. The molecule has 0 unspecified atom stereocenters. The minimum atomic E-state index is -0.158. The summed E-state index contributed by atoms with van der Waals surface area (Å²) in [6, 6.07) is 9.92. The van der Waals surface area contributed by atoms with Crippen molar-refractivity contribution in [3.05, 3.63) is 53.9 Å². The van der Waals surface area contributed by atoms with Crippen LogP contribution in [-0.2, 0) is 6.54 Å². The van der Waals surface area contributed by atoms with Gasteiger partial charge in [-0.05, 0) is 36.4 Å². The number of phenolic OH excluding ortho intramolecular Hbond substituents is 1. The van der Waals surface area contributed by atoms with Gasteiger partial charge >= 0.3 is 0 Å². The molecule has 1 aromatic carbocycles. The maximum atomic E-state index is 11.6. The van der Waals surface area contributed by atoms with Crippen LogP contribution in [0.4, 0.5) is 0 Å². The standard InChI is InChI=1S/C12H12N2O2/c15-11-5-3-9(4-6-11)12(16)14-8-10-2-1-7-13-10/h1-7,13,15H,8H2,(H,14,16). The lowest BCUT2D eigenvalue weighted by Crippen LogP contribution is -2.22. The van der Waals surface area contributed by atoms with E-state index in [1.807, 2.05) is 18.3 Å². The second kappa shape index (κ2) is 4.53. The molecular weight excluding hydrogens is 204 g/mol. The van der Waals surface area contributed by atoms with Crippen molar-refractivity contribution in [2.75, 3.05) is 0 Å². The van der Waals surface area contributed by atoms with Gasteiger partial charge in [-0.15, -0.1) is 0 Å². The van der Waals surface area contributed by atoms with E-state index in [4.69, 9.17) is 5.11 Å². The van der Waals surface area contributed by atoms with Gasteiger partial charge in [0.25, 0.3) is 5.91 Å². The highest BCUT2D eigenvalue weighted by Gasteiger charge is 2.04. The molecule has 0 spiro atoms. The van der Waals surface area contributed by atoms with Gasteiger partial charge in [0.05, 0.1) is 6.54 Å². The van der Waals surface area contributed by atoms with Crippen LogP contribution in [-0.4, -0.2) is 16.0 Å². The number of amides is 1. The van der Waals surface area contributed by atoms with Crippen LogP contribution < -0.4 is 5.32 Å². The first-order chi connectivity index (χ1) is 7.75. The lowest BCUT2D eigenvalue weighted by Gasteiger charge is -2.03. The molecular formula is C12H12N2O2. The van der Waals surface area contributed by atoms with Crippen LogP contribution in [0.15, 0.2) is 42.6 Å². The summed E-state index contributed by atoms with van der Waals surface area (Å²) in [5.41, 5.74) is 1.48. The van der Waals surface area contributed by atoms with Gasteiger partial charge in [0.2, 0.25) is 0 Å². The van der Waals surface area contributed by atoms with Crippen LogP contribution in [0.3, 0.4) is 0 Å². The molecule has 0 aliphatic carbocycles. The molecule has 1 aromatic heterocycles. The number of aromatic amines is 1. The highest BCUT2D eigenvalue weighted by Crippen LogP contribution is 2.09. The molecule has 82 valence electrons. The van der Waals surface area contributed by atoms with Crippen LogP contribution in [0.5, 0.6) is 5.75 Å². The number of H-pyrrole nitrogens is 1. The number of aromatic hydroxyl groups is 1. The number of hydrogen-bond acceptors (Lipinski definition) is 2. The van der Waals surface area contributed by atoms with E-state index >= 15 is 0 Å². The highest BCUT2D eigenvalue weighted by atomic mass is 16.3. The molecule has 1 heterocycles. The van der Waals surface area contributed by atoms with Gasteiger partial charge in [-0.1, -0.05) is 0 Å². The largest absolute Gasteiger partial charge is 0.508 e. The molecule has 0 saturated heterocycles. The van der Waals surface area contributed by atoms with Crippen molar-refractivity contribution in [2.24, 2.45) is 0 Å². The molecule has 0 aliphatic heterocycles. The van der Waals surface area contributed by atoms with Gasteiger partial charge in [0, 0.05) is 17.5 Å². The fourth-order valence-electron chi connectivity index (χ4n) is 1.37. The van der Waals surface area contributed by atoms with E-state index in [9.17, 15) is 4.79 Å². The van der Waals surface area contributed by atoms with Crippen LogP contribution in [0, 0.1) is 0 Å². The summed E-state index contributed by atoms with van der Waals surface area (Å²) in [4.78, 5) is 14.6. The Kier molecular flexibility index (Phi) is 2.91. The average molecular weight is 216 g/mol. The van der Waals surface area contributed by atoms with Gasteiger partial charge < -0.3 is 15.4 Å². The number of rotatable bonds is 3. The van der Waals surface area contributed by atoms with Crippen LogP contribution in [0.1, 0.15) is 16.1 Å². The van der Waals surface area contributed by atoms with Crippen molar-refractivity contribution >= 4 is 5.91 Å². The van der Waals surface area contributed by atoms with E-state index in [1.165, 1.54) is 12.1 Å². The Morgan fingerprint density at radius 2 is 2.00 bits per heavy atom. The molecule has 4 heteroatoms.